The molecule has 100 valence electrons. The number of rotatable bonds is 3. The highest BCUT2D eigenvalue weighted by Crippen LogP contribution is 2.21. The second-order valence-corrected chi connectivity index (χ2v) is 5.12. The number of carbonyl (C=O) groups excluding carboxylic acids is 1. The Morgan fingerprint density at radius 2 is 2.26 bits per heavy atom. The minimum absolute atomic E-state index is 0.0890. The third kappa shape index (κ3) is 2.90. The summed E-state index contributed by atoms with van der Waals surface area (Å²) < 4.78 is 12.9. The van der Waals surface area contributed by atoms with E-state index in [1.54, 1.807) is 12.6 Å². The molecule has 0 aliphatic heterocycles. The maximum Gasteiger partial charge on any atom is 0.257 e. The number of aromatic nitrogens is 1. The smallest absolute Gasteiger partial charge is 0.257 e. The van der Waals surface area contributed by atoms with Crippen LogP contribution >= 0.6 is 11.3 Å². The van der Waals surface area contributed by atoms with E-state index in [4.69, 9.17) is 0 Å². The number of amides is 1. The molecule has 2 aromatic rings. The van der Waals surface area contributed by atoms with E-state index in [1.807, 2.05) is 6.92 Å². The lowest BCUT2D eigenvalue weighted by Gasteiger charge is -2.17. The van der Waals surface area contributed by atoms with Crippen molar-refractivity contribution in [2.75, 3.05) is 7.05 Å². The van der Waals surface area contributed by atoms with Gasteiger partial charge in [-0.2, -0.15) is 0 Å². The number of thiazole rings is 1. The molecule has 0 unspecified atom stereocenters. The number of benzene rings is 1. The summed E-state index contributed by atoms with van der Waals surface area (Å²) in [6.07, 6.45) is 0. The van der Waals surface area contributed by atoms with E-state index in [9.17, 15) is 14.3 Å². The Kier molecular flexibility index (Phi) is 3.80. The fraction of sp³-hybridized carbons (Fsp3) is 0.231. The summed E-state index contributed by atoms with van der Waals surface area (Å²) in [6.45, 7) is 2.28. The standard InChI is InChI=1S/C13H13FN2O2S/c1-8-12(19-7-15-8)6-16(2)13(18)10-4-3-9(14)5-11(10)17/h3-5,7,17H,6H2,1-2H3. The van der Waals surface area contributed by atoms with E-state index in [1.165, 1.54) is 22.3 Å². The van der Waals surface area contributed by atoms with Gasteiger partial charge in [0.05, 0.1) is 23.3 Å². The molecule has 1 aromatic heterocycles. The lowest BCUT2D eigenvalue weighted by molar-refractivity contribution is 0.0783. The number of aromatic hydroxyl groups is 1. The highest BCUT2D eigenvalue weighted by Gasteiger charge is 2.17. The molecule has 0 aliphatic carbocycles. The van der Waals surface area contributed by atoms with Crippen molar-refractivity contribution in [1.82, 2.24) is 9.88 Å². The Labute approximate surface area is 114 Å². The number of aryl methyl sites for hydroxylation is 1. The molecule has 1 heterocycles. The van der Waals surface area contributed by atoms with Crippen LogP contribution in [0.2, 0.25) is 0 Å². The maximum atomic E-state index is 12.9. The van der Waals surface area contributed by atoms with Gasteiger partial charge in [-0.15, -0.1) is 11.3 Å². The van der Waals surface area contributed by atoms with Crippen LogP contribution in [0.3, 0.4) is 0 Å². The molecule has 0 saturated carbocycles. The molecule has 1 aromatic carbocycles. The van der Waals surface area contributed by atoms with Gasteiger partial charge in [-0.05, 0) is 19.1 Å². The van der Waals surface area contributed by atoms with Crippen molar-refractivity contribution in [1.29, 1.82) is 0 Å². The van der Waals surface area contributed by atoms with Gasteiger partial charge < -0.3 is 10.0 Å². The average molecular weight is 280 g/mol. The molecule has 6 heteroatoms. The molecule has 0 radical (unpaired) electrons. The summed E-state index contributed by atoms with van der Waals surface area (Å²) in [5, 5.41) is 9.59. The summed E-state index contributed by atoms with van der Waals surface area (Å²) >= 11 is 1.47. The van der Waals surface area contributed by atoms with Crippen LogP contribution in [0, 0.1) is 12.7 Å². The van der Waals surface area contributed by atoms with Crippen molar-refractivity contribution in [2.45, 2.75) is 13.5 Å². The van der Waals surface area contributed by atoms with Gasteiger partial charge in [0.2, 0.25) is 0 Å². The van der Waals surface area contributed by atoms with Crippen molar-refractivity contribution < 1.29 is 14.3 Å². The predicted octanol–water partition coefficient (Wildman–Crippen LogP) is 2.57. The van der Waals surface area contributed by atoms with E-state index in [-0.39, 0.29) is 17.2 Å². The Morgan fingerprint density at radius 1 is 1.53 bits per heavy atom. The number of carbonyl (C=O) groups is 1. The number of halogens is 1. The fourth-order valence-electron chi connectivity index (χ4n) is 1.66. The second kappa shape index (κ2) is 5.36. The second-order valence-electron chi connectivity index (χ2n) is 4.18. The molecular formula is C13H13FN2O2S. The van der Waals surface area contributed by atoms with E-state index >= 15 is 0 Å². The normalized spacial score (nSPS) is 10.5. The zero-order chi connectivity index (χ0) is 14.0. The first-order chi connectivity index (χ1) is 8.99. The van der Waals surface area contributed by atoms with Gasteiger partial charge in [-0.3, -0.25) is 4.79 Å². The molecule has 1 N–H and O–H groups in total. The predicted molar refractivity (Wildman–Crippen MR) is 70.7 cm³/mol. The molecule has 0 fully saturated rings. The molecular weight excluding hydrogens is 267 g/mol. The number of nitrogens with zero attached hydrogens (tertiary/aromatic N) is 2. The number of phenolic OH excluding ortho intramolecular Hbond substituents is 1. The molecule has 0 aliphatic rings. The maximum absolute atomic E-state index is 12.9. The fourth-order valence-corrected chi connectivity index (χ4v) is 2.49. The van der Waals surface area contributed by atoms with Crippen LogP contribution in [-0.2, 0) is 6.54 Å². The summed E-state index contributed by atoms with van der Waals surface area (Å²) in [4.78, 5) is 18.7. The Bertz CT molecular complexity index is 612. The van der Waals surface area contributed by atoms with Crippen LogP contribution in [0.25, 0.3) is 0 Å². The molecule has 1 amide bonds. The van der Waals surface area contributed by atoms with Crippen LogP contribution < -0.4 is 0 Å². The van der Waals surface area contributed by atoms with Crippen LogP contribution in [0.15, 0.2) is 23.7 Å². The molecule has 4 nitrogen and oxygen atoms in total. The van der Waals surface area contributed by atoms with Gasteiger partial charge in [-0.1, -0.05) is 0 Å². The van der Waals surface area contributed by atoms with Gasteiger partial charge in [0.1, 0.15) is 11.6 Å². The molecule has 19 heavy (non-hydrogen) atoms. The molecule has 0 spiro atoms. The molecule has 0 bridgehead atoms. The van der Waals surface area contributed by atoms with Crippen molar-refractivity contribution in [2.24, 2.45) is 0 Å². The van der Waals surface area contributed by atoms with Gasteiger partial charge in [0.25, 0.3) is 5.91 Å². The largest absolute Gasteiger partial charge is 0.507 e. The SMILES string of the molecule is Cc1ncsc1CN(C)C(=O)c1ccc(F)cc1O. The van der Waals surface area contributed by atoms with Gasteiger partial charge in [0.15, 0.2) is 0 Å². The van der Waals surface area contributed by atoms with Crippen molar-refractivity contribution in [3.8, 4) is 5.75 Å². The molecule has 0 saturated heterocycles. The first-order valence-electron chi connectivity index (χ1n) is 5.62. The van der Waals surface area contributed by atoms with Crippen LogP contribution in [0.1, 0.15) is 20.9 Å². The molecule has 0 atom stereocenters. The topological polar surface area (TPSA) is 53.4 Å². The highest BCUT2D eigenvalue weighted by atomic mass is 32.1. The Balaban J connectivity index is 2.17. The summed E-state index contributed by atoms with van der Waals surface area (Å²) in [7, 11) is 1.63. The van der Waals surface area contributed by atoms with E-state index < -0.39 is 5.82 Å². The van der Waals surface area contributed by atoms with E-state index in [2.05, 4.69) is 4.98 Å². The molecule has 2 rings (SSSR count). The number of hydrogen-bond donors (Lipinski definition) is 1. The van der Waals surface area contributed by atoms with Crippen molar-refractivity contribution >= 4 is 17.2 Å². The minimum Gasteiger partial charge on any atom is -0.507 e. The first kappa shape index (κ1) is 13.5. The summed E-state index contributed by atoms with van der Waals surface area (Å²) in [6, 6.07) is 3.36. The Morgan fingerprint density at radius 3 is 2.84 bits per heavy atom. The zero-order valence-corrected chi connectivity index (χ0v) is 11.4. The first-order valence-corrected chi connectivity index (χ1v) is 6.50. The monoisotopic (exact) mass is 280 g/mol. The van der Waals surface area contributed by atoms with Crippen LogP contribution in [0.5, 0.6) is 5.75 Å². The third-order valence-corrected chi connectivity index (χ3v) is 3.68. The quantitative estimate of drug-likeness (QED) is 0.940. The van der Waals surface area contributed by atoms with Crippen molar-refractivity contribution in [3.05, 3.63) is 45.7 Å². The minimum atomic E-state index is -0.574. The zero-order valence-electron chi connectivity index (χ0n) is 10.6. The Hall–Kier alpha value is -1.95. The average Bonchev–Trinajstić information content (AvgIpc) is 2.74. The lowest BCUT2D eigenvalue weighted by atomic mass is 10.1. The highest BCUT2D eigenvalue weighted by molar-refractivity contribution is 7.09. The number of hydrogen-bond acceptors (Lipinski definition) is 4. The van der Waals surface area contributed by atoms with Crippen molar-refractivity contribution in [3.63, 3.8) is 0 Å². The lowest BCUT2D eigenvalue weighted by Crippen LogP contribution is -2.26. The number of phenols is 1. The van der Waals surface area contributed by atoms with Crippen LogP contribution in [0.4, 0.5) is 4.39 Å². The van der Waals surface area contributed by atoms with Gasteiger partial charge in [-0.25, -0.2) is 9.37 Å². The van der Waals surface area contributed by atoms with Gasteiger partial charge >= 0.3 is 0 Å². The third-order valence-electron chi connectivity index (χ3n) is 2.76. The van der Waals surface area contributed by atoms with Gasteiger partial charge in [0, 0.05) is 18.0 Å². The van der Waals surface area contributed by atoms with E-state index in [0.29, 0.717) is 6.54 Å². The summed E-state index contributed by atoms with van der Waals surface area (Å²) in [5.41, 5.74) is 2.69. The summed E-state index contributed by atoms with van der Waals surface area (Å²) in [5.74, 6) is -1.28. The van der Waals surface area contributed by atoms with Crippen LogP contribution in [-0.4, -0.2) is 27.9 Å². The van der Waals surface area contributed by atoms with E-state index in [0.717, 1.165) is 22.7 Å².